The van der Waals surface area contributed by atoms with Gasteiger partial charge in [0.2, 0.25) is 0 Å². The minimum atomic E-state index is -0.540. The molecule has 0 radical (unpaired) electrons. The van der Waals surface area contributed by atoms with Crippen molar-refractivity contribution >= 4 is 17.2 Å². The van der Waals surface area contributed by atoms with Gasteiger partial charge >= 0.3 is 0 Å². The maximum Gasteiger partial charge on any atom is 0.256 e. The van der Waals surface area contributed by atoms with Crippen LogP contribution in [0.2, 0.25) is 0 Å². The summed E-state index contributed by atoms with van der Waals surface area (Å²) in [6, 6.07) is 3.26. The van der Waals surface area contributed by atoms with E-state index in [1.165, 1.54) is 17.8 Å². The Kier molecular flexibility index (Phi) is 3.93. The molecule has 1 fully saturated rings. The van der Waals surface area contributed by atoms with Crippen molar-refractivity contribution in [3.63, 3.8) is 0 Å². The van der Waals surface area contributed by atoms with Gasteiger partial charge in [-0.1, -0.05) is 12.5 Å². The van der Waals surface area contributed by atoms with E-state index in [1.807, 2.05) is 22.5 Å². The van der Waals surface area contributed by atoms with Gasteiger partial charge in [0.1, 0.15) is 6.04 Å². The molecule has 88 valence electrons. The lowest BCUT2D eigenvalue weighted by molar-refractivity contribution is -0.127. The van der Waals surface area contributed by atoms with Gasteiger partial charge in [0, 0.05) is 18.0 Å². The first-order chi connectivity index (χ1) is 7.77. The van der Waals surface area contributed by atoms with Crippen LogP contribution in [0.4, 0.5) is 0 Å². The molecule has 0 spiro atoms. The molecule has 2 rings (SSSR count). The summed E-state index contributed by atoms with van der Waals surface area (Å²) < 4.78 is 0. The van der Waals surface area contributed by atoms with E-state index in [2.05, 4.69) is 5.43 Å². The fourth-order valence-electron chi connectivity index (χ4n) is 1.83. The standard InChI is InChI=1S/C11H17N3OS/c12-10(9-5-4-8-16-9)11(15)13-14-6-2-1-3-7-14/h4-5,8,10H,1-3,6-7,12H2,(H,13,15). The van der Waals surface area contributed by atoms with Crippen molar-refractivity contribution < 1.29 is 4.79 Å². The highest BCUT2D eigenvalue weighted by molar-refractivity contribution is 7.10. The maximum atomic E-state index is 11.8. The van der Waals surface area contributed by atoms with Gasteiger partial charge in [0.15, 0.2) is 0 Å². The van der Waals surface area contributed by atoms with Gasteiger partial charge in [0.25, 0.3) is 5.91 Å². The number of hydrogen-bond acceptors (Lipinski definition) is 4. The molecule has 1 atom stereocenters. The summed E-state index contributed by atoms with van der Waals surface area (Å²) in [5, 5.41) is 3.91. The molecule has 2 heterocycles. The van der Waals surface area contributed by atoms with Crippen LogP contribution < -0.4 is 11.2 Å². The van der Waals surface area contributed by atoms with Crippen LogP contribution in [0, 0.1) is 0 Å². The zero-order chi connectivity index (χ0) is 11.4. The summed E-state index contributed by atoms with van der Waals surface area (Å²) in [6.45, 7) is 1.87. The largest absolute Gasteiger partial charge is 0.315 e. The molecule has 0 saturated carbocycles. The Morgan fingerprint density at radius 1 is 1.44 bits per heavy atom. The van der Waals surface area contributed by atoms with Crippen LogP contribution in [0.3, 0.4) is 0 Å². The van der Waals surface area contributed by atoms with Gasteiger partial charge in [-0.05, 0) is 24.3 Å². The SMILES string of the molecule is NC(C(=O)NN1CCCCC1)c1cccs1. The number of nitrogens with one attached hydrogen (secondary N) is 1. The molecule has 4 nitrogen and oxygen atoms in total. The molecule has 1 aliphatic rings. The molecule has 5 heteroatoms. The summed E-state index contributed by atoms with van der Waals surface area (Å²) in [5.41, 5.74) is 8.75. The second-order valence-electron chi connectivity index (χ2n) is 4.02. The number of carbonyl (C=O) groups excluding carboxylic acids is 1. The van der Waals surface area contributed by atoms with E-state index in [0.717, 1.165) is 30.8 Å². The van der Waals surface area contributed by atoms with Crippen molar-refractivity contribution in [2.75, 3.05) is 13.1 Å². The van der Waals surface area contributed by atoms with Crippen LogP contribution in [-0.2, 0) is 4.79 Å². The highest BCUT2D eigenvalue weighted by atomic mass is 32.1. The fourth-order valence-corrected chi connectivity index (χ4v) is 2.55. The Morgan fingerprint density at radius 3 is 2.81 bits per heavy atom. The average molecular weight is 239 g/mol. The molecule has 1 amide bonds. The normalized spacial score (nSPS) is 19.3. The Balaban J connectivity index is 1.87. The van der Waals surface area contributed by atoms with Crippen molar-refractivity contribution in [2.24, 2.45) is 5.73 Å². The molecular formula is C11H17N3OS. The van der Waals surface area contributed by atoms with Crippen LogP contribution in [0.15, 0.2) is 17.5 Å². The summed E-state index contributed by atoms with van der Waals surface area (Å²) in [5.74, 6) is -0.107. The Hall–Kier alpha value is -0.910. The van der Waals surface area contributed by atoms with Gasteiger partial charge < -0.3 is 5.73 Å². The van der Waals surface area contributed by atoms with Gasteiger partial charge in [-0.3, -0.25) is 10.2 Å². The second kappa shape index (κ2) is 5.43. The molecule has 3 N–H and O–H groups in total. The third-order valence-electron chi connectivity index (χ3n) is 2.76. The van der Waals surface area contributed by atoms with E-state index in [4.69, 9.17) is 5.73 Å². The van der Waals surface area contributed by atoms with Crippen LogP contribution in [0.1, 0.15) is 30.2 Å². The summed E-state index contributed by atoms with van der Waals surface area (Å²) in [7, 11) is 0. The molecule has 0 bridgehead atoms. The Morgan fingerprint density at radius 2 is 2.19 bits per heavy atom. The van der Waals surface area contributed by atoms with E-state index < -0.39 is 6.04 Å². The van der Waals surface area contributed by atoms with E-state index >= 15 is 0 Å². The van der Waals surface area contributed by atoms with Crippen LogP contribution in [0.5, 0.6) is 0 Å². The lowest BCUT2D eigenvalue weighted by Crippen LogP contribution is -2.48. The predicted molar refractivity (Wildman–Crippen MR) is 64.8 cm³/mol. The zero-order valence-electron chi connectivity index (χ0n) is 9.19. The highest BCUT2D eigenvalue weighted by Crippen LogP contribution is 2.17. The molecule has 1 saturated heterocycles. The number of piperidine rings is 1. The predicted octanol–water partition coefficient (Wildman–Crippen LogP) is 1.26. The topological polar surface area (TPSA) is 58.4 Å². The highest BCUT2D eigenvalue weighted by Gasteiger charge is 2.19. The van der Waals surface area contributed by atoms with Crippen LogP contribution >= 0.6 is 11.3 Å². The van der Waals surface area contributed by atoms with Crippen molar-refractivity contribution in [1.29, 1.82) is 0 Å². The minimum absolute atomic E-state index is 0.107. The van der Waals surface area contributed by atoms with Gasteiger partial charge in [-0.25, -0.2) is 5.01 Å². The Bertz CT molecular complexity index is 333. The van der Waals surface area contributed by atoms with Gasteiger partial charge in [-0.2, -0.15) is 0 Å². The minimum Gasteiger partial charge on any atom is -0.315 e. The second-order valence-corrected chi connectivity index (χ2v) is 5.00. The monoisotopic (exact) mass is 239 g/mol. The zero-order valence-corrected chi connectivity index (χ0v) is 10.0. The number of nitrogens with zero attached hydrogens (tertiary/aromatic N) is 1. The molecular weight excluding hydrogens is 222 g/mol. The molecule has 1 unspecified atom stereocenters. The molecule has 0 aromatic carbocycles. The molecule has 1 aromatic heterocycles. The smallest absolute Gasteiger partial charge is 0.256 e. The van der Waals surface area contributed by atoms with Crippen molar-refractivity contribution in [3.8, 4) is 0 Å². The first-order valence-corrected chi connectivity index (χ1v) is 6.50. The number of rotatable bonds is 3. The number of hydrogen-bond donors (Lipinski definition) is 2. The third kappa shape index (κ3) is 2.81. The van der Waals surface area contributed by atoms with Crippen molar-refractivity contribution in [3.05, 3.63) is 22.4 Å². The fraction of sp³-hybridized carbons (Fsp3) is 0.545. The molecule has 1 aromatic rings. The molecule has 0 aliphatic carbocycles. The van der Waals surface area contributed by atoms with E-state index in [9.17, 15) is 4.79 Å². The van der Waals surface area contributed by atoms with Gasteiger partial charge in [-0.15, -0.1) is 11.3 Å². The molecule has 16 heavy (non-hydrogen) atoms. The molecule has 1 aliphatic heterocycles. The maximum absolute atomic E-state index is 11.8. The average Bonchev–Trinajstić information content (AvgIpc) is 2.83. The number of amides is 1. The van der Waals surface area contributed by atoms with Crippen LogP contribution in [-0.4, -0.2) is 24.0 Å². The summed E-state index contributed by atoms with van der Waals surface area (Å²) in [6.07, 6.45) is 3.55. The van der Waals surface area contributed by atoms with E-state index in [1.54, 1.807) is 0 Å². The van der Waals surface area contributed by atoms with E-state index in [0.29, 0.717) is 0 Å². The lowest BCUT2D eigenvalue weighted by Gasteiger charge is -2.27. The Labute approximate surface area is 99.4 Å². The summed E-state index contributed by atoms with van der Waals surface area (Å²) in [4.78, 5) is 12.8. The summed E-state index contributed by atoms with van der Waals surface area (Å²) >= 11 is 1.52. The first-order valence-electron chi connectivity index (χ1n) is 5.62. The lowest BCUT2D eigenvalue weighted by atomic mass is 10.2. The van der Waals surface area contributed by atoms with Crippen molar-refractivity contribution in [1.82, 2.24) is 10.4 Å². The van der Waals surface area contributed by atoms with Crippen molar-refractivity contribution in [2.45, 2.75) is 25.3 Å². The van der Waals surface area contributed by atoms with E-state index in [-0.39, 0.29) is 5.91 Å². The third-order valence-corrected chi connectivity index (χ3v) is 3.71. The first kappa shape index (κ1) is 11.6. The van der Waals surface area contributed by atoms with Gasteiger partial charge in [0.05, 0.1) is 0 Å². The van der Waals surface area contributed by atoms with Crippen LogP contribution in [0.25, 0.3) is 0 Å². The quantitative estimate of drug-likeness (QED) is 0.835. The number of hydrazine groups is 1. The number of nitrogens with two attached hydrogens (primary N) is 1. The number of thiophene rings is 1. The number of carbonyl (C=O) groups is 1.